The lowest BCUT2D eigenvalue weighted by Crippen LogP contribution is -2.52. The highest BCUT2D eigenvalue weighted by Crippen LogP contribution is 2.26. The first-order valence-corrected chi connectivity index (χ1v) is 16.3. The van der Waals surface area contributed by atoms with Crippen LogP contribution in [0.2, 0.25) is 0 Å². The van der Waals surface area contributed by atoms with Gasteiger partial charge < -0.3 is 25.4 Å². The van der Waals surface area contributed by atoms with Gasteiger partial charge >= 0.3 is 0 Å². The predicted molar refractivity (Wildman–Crippen MR) is 179 cm³/mol. The summed E-state index contributed by atoms with van der Waals surface area (Å²) in [5, 5.41) is 15.4. The van der Waals surface area contributed by atoms with E-state index < -0.39 is 68.2 Å². The van der Waals surface area contributed by atoms with Gasteiger partial charge in [0.05, 0.1) is 27.9 Å². The van der Waals surface area contributed by atoms with Crippen LogP contribution in [0.4, 0.5) is 25.8 Å². The highest BCUT2D eigenvalue weighted by molar-refractivity contribution is 7.92. The van der Waals surface area contributed by atoms with E-state index in [0.29, 0.717) is 34.8 Å². The van der Waals surface area contributed by atoms with E-state index in [4.69, 9.17) is 7.85 Å². The molecule has 256 valence electrons. The third kappa shape index (κ3) is 8.50. The monoisotopic (exact) mass is 693 g/mol. The molecule has 12 nitrogen and oxygen atoms in total. The van der Waals surface area contributed by atoms with Crippen LogP contribution in [0.5, 0.6) is 0 Å². The molecule has 1 aliphatic rings. The van der Waals surface area contributed by atoms with E-state index in [1.165, 1.54) is 47.4 Å². The van der Waals surface area contributed by atoms with Crippen molar-refractivity contribution >= 4 is 58.3 Å². The van der Waals surface area contributed by atoms with E-state index in [1.54, 1.807) is 46.9 Å². The van der Waals surface area contributed by atoms with Gasteiger partial charge in [0.15, 0.2) is 7.85 Å². The number of allylic oxidation sites excluding steroid dienone is 1. The normalized spacial score (nSPS) is 15.7. The van der Waals surface area contributed by atoms with E-state index in [1.807, 2.05) is 4.72 Å². The molecule has 0 fully saturated rings. The Balaban J connectivity index is 1.45. The Hall–Kier alpha value is -5.09. The Morgan fingerprint density at radius 2 is 1.61 bits per heavy atom. The summed E-state index contributed by atoms with van der Waals surface area (Å²) in [7, 11) is 2.67. The van der Waals surface area contributed by atoms with Crippen molar-refractivity contribution in [1.82, 2.24) is 10.2 Å². The molecule has 0 saturated heterocycles. The minimum Gasteiger partial charge on any atom is -0.356 e. The Kier molecular flexibility index (Phi) is 10.6. The van der Waals surface area contributed by atoms with Gasteiger partial charge in [0.2, 0.25) is 12.3 Å². The number of aliphatic hydroxyl groups excluding tert-OH is 1. The zero-order valence-electron chi connectivity index (χ0n) is 27.2. The first-order valence-electron chi connectivity index (χ1n) is 14.8. The minimum absolute atomic E-state index is 0.155. The van der Waals surface area contributed by atoms with E-state index in [2.05, 4.69) is 10.6 Å². The number of benzene rings is 3. The number of amides is 3. The maximum absolute atomic E-state index is 15.1. The lowest BCUT2D eigenvalue weighted by molar-refractivity contribution is -0.123. The van der Waals surface area contributed by atoms with Gasteiger partial charge in [0.1, 0.15) is 11.6 Å². The Labute approximate surface area is 283 Å². The summed E-state index contributed by atoms with van der Waals surface area (Å²) >= 11 is 0. The molecule has 49 heavy (non-hydrogen) atoms. The van der Waals surface area contributed by atoms with Crippen LogP contribution < -0.4 is 20.3 Å². The van der Waals surface area contributed by atoms with E-state index in [9.17, 15) is 32.7 Å². The molecule has 4 rings (SSSR count). The molecule has 2 atom stereocenters. The molecule has 3 aromatic rings. The van der Waals surface area contributed by atoms with Crippen molar-refractivity contribution in [3.05, 3.63) is 95.2 Å². The third-order valence-corrected chi connectivity index (χ3v) is 9.04. The Bertz CT molecular complexity index is 1930. The van der Waals surface area contributed by atoms with Gasteiger partial charge in [-0.25, -0.2) is 17.2 Å². The second-order valence-corrected chi connectivity index (χ2v) is 14.1. The van der Waals surface area contributed by atoms with Crippen molar-refractivity contribution in [2.75, 3.05) is 22.0 Å². The van der Waals surface area contributed by atoms with E-state index >= 15 is 8.78 Å². The van der Waals surface area contributed by atoms with Crippen LogP contribution in [0.3, 0.4) is 0 Å². The second kappa shape index (κ2) is 14.2. The second-order valence-electron chi connectivity index (χ2n) is 12.4. The lowest BCUT2D eigenvalue weighted by atomic mass is 9.90. The molecule has 0 aromatic heterocycles. The van der Waals surface area contributed by atoms with Crippen LogP contribution in [-0.2, 0) is 30.8 Å². The molecule has 2 radical (unpaired) electrons. The summed E-state index contributed by atoms with van der Waals surface area (Å²) < 4.78 is 57.8. The molecule has 3 aromatic carbocycles. The number of rotatable bonds is 10. The van der Waals surface area contributed by atoms with Crippen molar-refractivity contribution < 1.29 is 41.5 Å². The van der Waals surface area contributed by atoms with Crippen LogP contribution in [-0.4, -0.2) is 69.1 Å². The highest BCUT2D eigenvalue weighted by atomic mass is 32.2. The first kappa shape index (κ1) is 36.7. The number of carbonyl (C=O) groups is 4. The Morgan fingerprint density at radius 1 is 1.00 bits per heavy atom. The molecule has 0 aliphatic carbocycles. The zero-order valence-corrected chi connectivity index (χ0v) is 28.1. The van der Waals surface area contributed by atoms with Gasteiger partial charge in [-0.1, -0.05) is 32.9 Å². The average molecular weight is 694 g/mol. The summed E-state index contributed by atoms with van der Waals surface area (Å²) in [6.07, 6.45) is -0.0466. The fraction of sp³-hybridized carbons (Fsp3) is 0.273. The van der Waals surface area contributed by atoms with Crippen LogP contribution in [0.25, 0.3) is 0 Å². The van der Waals surface area contributed by atoms with Crippen molar-refractivity contribution in [1.29, 1.82) is 0 Å². The lowest BCUT2D eigenvalue weighted by Gasteiger charge is -2.38. The molecule has 0 bridgehead atoms. The van der Waals surface area contributed by atoms with E-state index in [-0.39, 0.29) is 17.2 Å². The van der Waals surface area contributed by atoms with Gasteiger partial charge in [-0.3, -0.25) is 24.0 Å². The van der Waals surface area contributed by atoms with Crippen LogP contribution in [0, 0.1) is 17.0 Å². The minimum atomic E-state index is -4.42. The van der Waals surface area contributed by atoms with Crippen molar-refractivity contribution in [3.8, 4) is 0 Å². The third-order valence-electron chi connectivity index (χ3n) is 7.66. The summed E-state index contributed by atoms with van der Waals surface area (Å²) in [6.45, 7) is 6.79. The first-order chi connectivity index (χ1) is 22.8. The van der Waals surface area contributed by atoms with Crippen molar-refractivity contribution in [3.63, 3.8) is 0 Å². The highest BCUT2D eigenvalue weighted by Gasteiger charge is 2.31. The zero-order chi connectivity index (χ0) is 36.4. The number of hydrogen-bond donors (Lipinski definition) is 4. The topological polar surface area (TPSA) is 165 Å². The predicted octanol–water partition coefficient (Wildman–Crippen LogP) is 3.24. The van der Waals surface area contributed by atoms with Gasteiger partial charge in [-0.2, -0.15) is 0 Å². The van der Waals surface area contributed by atoms with Crippen molar-refractivity contribution in [2.45, 2.75) is 51.4 Å². The van der Waals surface area contributed by atoms with E-state index in [0.717, 1.165) is 4.90 Å². The van der Waals surface area contributed by atoms with Gasteiger partial charge in [0.25, 0.3) is 21.8 Å². The van der Waals surface area contributed by atoms with Crippen LogP contribution in [0.15, 0.2) is 77.3 Å². The largest absolute Gasteiger partial charge is 0.356 e. The molecule has 1 unspecified atom stereocenters. The van der Waals surface area contributed by atoms with Crippen molar-refractivity contribution in [2.24, 2.45) is 5.41 Å². The number of anilines is 3. The maximum atomic E-state index is 15.1. The number of nitrogens with zero attached hydrogens (tertiary/aromatic N) is 2. The number of nitrogens with one attached hydrogen (secondary N) is 3. The van der Waals surface area contributed by atoms with Gasteiger partial charge in [0, 0.05) is 41.7 Å². The molecule has 0 saturated carbocycles. The maximum Gasteiger partial charge on any atom is 0.261 e. The number of sulfonamides is 1. The summed E-state index contributed by atoms with van der Waals surface area (Å²) in [4.78, 5) is 52.1. The SMILES string of the molecule is [B]C(=O)[C@H](Cc1ccc(N2C(=O)C=C(C)N(C)C2O)cc1)NC(=O)c1cc(F)c(NS(=O)(=O)c2ccc(NC(=O)C(C)(C)C)cc2)cc1F. The summed E-state index contributed by atoms with van der Waals surface area (Å²) in [5.74, 6) is -4.49. The standard InChI is InChI=1S/C33H34BF2N5O7S/c1-18-14-28(42)41(32(46)40(18)5)21-10-6-19(7-11-21)15-27(29(34)43)38-30(44)23-16-25(36)26(17-24(23)35)39-49(47,48)22-12-8-20(9-13-22)37-31(45)33(2,3)4/h6-14,16-17,27,32,39,46H,15H2,1-5H3,(H,37,45)(H,38,44)/t27-,32?/m0/s1. The summed E-state index contributed by atoms with van der Waals surface area (Å²) in [5.41, 5.74) is -1.53. The Morgan fingerprint density at radius 3 is 2.18 bits per heavy atom. The van der Waals surface area contributed by atoms with Gasteiger partial charge in [-0.05, 0) is 61.4 Å². The number of carbonyl (C=O) groups excluding carboxylic acids is 4. The average Bonchev–Trinajstić information content (AvgIpc) is 3.01. The molecule has 16 heteroatoms. The number of halogens is 2. The number of aliphatic hydroxyl groups is 1. The number of hydrogen-bond acceptors (Lipinski definition) is 8. The molecule has 3 amide bonds. The molecule has 1 aliphatic heterocycles. The smallest absolute Gasteiger partial charge is 0.261 e. The quantitative estimate of drug-likeness (QED) is 0.235. The fourth-order valence-electron chi connectivity index (χ4n) is 4.61. The van der Waals surface area contributed by atoms with Crippen LogP contribution >= 0.6 is 0 Å². The van der Waals surface area contributed by atoms with Gasteiger partial charge in [-0.15, -0.1) is 0 Å². The molecule has 0 spiro atoms. The molecular weight excluding hydrogens is 659 g/mol. The molecule has 1 heterocycles. The molecular formula is C33H34BF2N5O7S. The molecule has 4 N–H and O–H groups in total. The summed E-state index contributed by atoms with van der Waals surface area (Å²) in [6, 6.07) is 10.7. The fourth-order valence-corrected chi connectivity index (χ4v) is 5.66. The van der Waals surface area contributed by atoms with Crippen LogP contribution in [0.1, 0.15) is 43.6 Å².